The second-order valence-electron chi connectivity index (χ2n) is 7.84. The Bertz CT molecular complexity index is 608. The van der Waals surface area contributed by atoms with Gasteiger partial charge in [0.25, 0.3) is 0 Å². The van der Waals surface area contributed by atoms with Crippen LogP contribution in [-0.4, -0.2) is 61.4 Å². The molecule has 0 bridgehead atoms. The highest BCUT2D eigenvalue weighted by atomic mass is 16.2. The lowest BCUT2D eigenvalue weighted by Gasteiger charge is -2.25. The maximum Gasteiger partial charge on any atom is 0.243 e. The Balaban J connectivity index is 1.62. The Morgan fingerprint density at radius 1 is 1.19 bits per heavy atom. The molecule has 2 aliphatic rings. The molecule has 3 rings (SSSR count). The van der Waals surface area contributed by atoms with Crippen LogP contribution in [0.1, 0.15) is 37.7 Å². The van der Waals surface area contributed by atoms with Gasteiger partial charge in [-0.15, -0.1) is 0 Å². The van der Waals surface area contributed by atoms with Crippen LogP contribution in [0.3, 0.4) is 0 Å². The number of hydrogen-bond donors (Lipinski definition) is 1. The molecule has 26 heavy (non-hydrogen) atoms. The molecule has 1 aromatic rings. The topological polar surface area (TPSA) is 47.9 Å². The monoisotopic (exact) mass is 356 g/mol. The maximum atomic E-state index is 12.0. The number of likely N-dealkylation sites (tertiary alicyclic amines) is 1. The number of hydrogen-bond acceptors (Lipinski definition) is 2. The van der Waals surface area contributed by atoms with Gasteiger partial charge in [-0.2, -0.15) is 0 Å². The number of nitrogens with one attached hydrogen (secondary N) is 1. The standard InChI is InChI=1S/C21H32N4O/c1-24(2)20(26)15-22-21(23-19-10-6-7-11-19)25-13-12-18(16-25)14-17-8-4-3-5-9-17/h3-5,8-9,18-19H,6-7,10-16H2,1-2H3,(H,22,23). The lowest BCUT2D eigenvalue weighted by atomic mass is 9.99. The summed E-state index contributed by atoms with van der Waals surface area (Å²) in [6.07, 6.45) is 7.30. The summed E-state index contributed by atoms with van der Waals surface area (Å²) in [5.41, 5.74) is 1.41. The van der Waals surface area contributed by atoms with E-state index in [0.717, 1.165) is 25.5 Å². The summed E-state index contributed by atoms with van der Waals surface area (Å²) in [6, 6.07) is 11.2. The normalized spacial score (nSPS) is 21.2. The first-order valence-electron chi connectivity index (χ1n) is 9.92. The first-order valence-corrected chi connectivity index (χ1v) is 9.92. The number of aliphatic imine (C=N–C) groups is 1. The van der Waals surface area contributed by atoms with E-state index in [9.17, 15) is 4.79 Å². The van der Waals surface area contributed by atoms with Gasteiger partial charge in [0.05, 0.1) is 0 Å². The van der Waals surface area contributed by atoms with Gasteiger partial charge in [-0.3, -0.25) is 4.79 Å². The molecule has 5 heteroatoms. The fourth-order valence-electron chi connectivity index (χ4n) is 3.91. The van der Waals surface area contributed by atoms with Crippen molar-refractivity contribution in [3.05, 3.63) is 35.9 Å². The number of rotatable bonds is 5. The summed E-state index contributed by atoms with van der Waals surface area (Å²) in [7, 11) is 3.57. The van der Waals surface area contributed by atoms with Crippen LogP contribution < -0.4 is 5.32 Å². The molecular weight excluding hydrogens is 324 g/mol. The van der Waals surface area contributed by atoms with Crippen molar-refractivity contribution in [3.63, 3.8) is 0 Å². The molecule has 5 nitrogen and oxygen atoms in total. The molecule has 1 N–H and O–H groups in total. The average Bonchev–Trinajstić information content (AvgIpc) is 3.31. The molecule has 1 heterocycles. The summed E-state index contributed by atoms with van der Waals surface area (Å²) < 4.78 is 0. The second kappa shape index (κ2) is 9.06. The summed E-state index contributed by atoms with van der Waals surface area (Å²) in [5, 5.41) is 3.64. The minimum Gasteiger partial charge on any atom is -0.353 e. The molecule has 1 aromatic carbocycles. The van der Waals surface area contributed by atoms with Gasteiger partial charge >= 0.3 is 0 Å². The minimum atomic E-state index is 0.0516. The van der Waals surface area contributed by atoms with E-state index in [0.29, 0.717) is 12.0 Å². The molecule has 1 aliphatic carbocycles. The molecule has 1 saturated heterocycles. The zero-order chi connectivity index (χ0) is 18.4. The van der Waals surface area contributed by atoms with Crippen LogP contribution >= 0.6 is 0 Å². The van der Waals surface area contributed by atoms with E-state index in [4.69, 9.17) is 0 Å². The van der Waals surface area contributed by atoms with Crippen LogP contribution in [0.4, 0.5) is 0 Å². The highest BCUT2D eigenvalue weighted by Crippen LogP contribution is 2.22. The van der Waals surface area contributed by atoms with Crippen LogP contribution in [0, 0.1) is 5.92 Å². The van der Waals surface area contributed by atoms with Gasteiger partial charge in [0.1, 0.15) is 6.54 Å². The third-order valence-electron chi connectivity index (χ3n) is 5.50. The summed E-state index contributed by atoms with van der Waals surface area (Å²) in [5.74, 6) is 1.64. The van der Waals surface area contributed by atoms with Gasteiger partial charge in [-0.1, -0.05) is 43.2 Å². The molecule has 1 unspecified atom stereocenters. The van der Waals surface area contributed by atoms with E-state index in [1.54, 1.807) is 19.0 Å². The molecule has 0 aromatic heterocycles. The highest BCUT2D eigenvalue weighted by Gasteiger charge is 2.27. The van der Waals surface area contributed by atoms with E-state index in [2.05, 4.69) is 45.5 Å². The number of carbonyl (C=O) groups excluding carboxylic acids is 1. The average molecular weight is 357 g/mol. The van der Waals surface area contributed by atoms with Crippen LogP contribution in [0.25, 0.3) is 0 Å². The molecule has 1 atom stereocenters. The van der Waals surface area contributed by atoms with Gasteiger partial charge in [0, 0.05) is 33.2 Å². The molecular formula is C21H32N4O. The zero-order valence-corrected chi connectivity index (χ0v) is 16.2. The van der Waals surface area contributed by atoms with Crippen LogP contribution in [0.5, 0.6) is 0 Å². The van der Waals surface area contributed by atoms with Gasteiger partial charge in [0.2, 0.25) is 5.91 Å². The van der Waals surface area contributed by atoms with E-state index in [1.165, 1.54) is 37.7 Å². The molecule has 1 saturated carbocycles. The van der Waals surface area contributed by atoms with Crippen molar-refractivity contribution in [3.8, 4) is 0 Å². The molecule has 0 radical (unpaired) electrons. The van der Waals surface area contributed by atoms with Crippen molar-refractivity contribution in [2.45, 2.75) is 44.6 Å². The van der Waals surface area contributed by atoms with Crippen molar-refractivity contribution in [1.82, 2.24) is 15.1 Å². The summed E-state index contributed by atoms with van der Waals surface area (Å²) in [6.45, 7) is 2.26. The van der Waals surface area contributed by atoms with E-state index in [-0.39, 0.29) is 12.5 Å². The molecule has 2 fully saturated rings. The van der Waals surface area contributed by atoms with Crippen molar-refractivity contribution in [1.29, 1.82) is 0 Å². The number of likely N-dealkylation sites (N-methyl/N-ethyl adjacent to an activating group) is 1. The number of carbonyl (C=O) groups is 1. The number of guanidine groups is 1. The Kier molecular flexibility index (Phi) is 6.53. The molecule has 1 aliphatic heterocycles. The third-order valence-corrected chi connectivity index (χ3v) is 5.50. The smallest absolute Gasteiger partial charge is 0.243 e. The van der Waals surface area contributed by atoms with Gasteiger partial charge in [0.15, 0.2) is 5.96 Å². The largest absolute Gasteiger partial charge is 0.353 e. The second-order valence-corrected chi connectivity index (χ2v) is 7.84. The zero-order valence-electron chi connectivity index (χ0n) is 16.2. The lowest BCUT2D eigenvalue weighted by molar-refractivity contribution is -0.127. The third kappa shape index (κ3) is 5.23. The van der Waals surface area contributed by atoms with Crippen LogP contribution in [0.15, 0.2) is 35.3 Å². The van der Waals surface area contributed by atoms with E-state index in [1.807, 2.05) is 0 Å². The predicted molar refractivity (Wildman–Crippen MR) is 106 cm³/mol. The Morgan fingerprint density at radius 3 is 2.62 bits per heavy atom. The van der Waals surface area contributed by atoms with Crippen LogP contribution in [0.2, 0.25) is 0 Å². The quantitative estimate of drug-likeness (QED) is 0.651. The first kappa shape index (κ1) is 18.7. The van der Waals surface area contributed by atoms with Crippen LogP contribution in [-0.2, 0) is 11.2 Å². The summed E-state index contributed by atoms with van der Waals surface area (Å²) in [4.78, 5) is 20.6. The summed E-state index contributed by atoms with van der Waals surface area (Å²) >= 11 is 0. The number of benzene rings is 1. The molecule has 1 amide bonds. The SMILES string of the molecule is CN(C)C(=O)CN=C(NC1CCCC1)N1CCC(Cc2ccccc2)C1. The van der Waals surface area contributed by atoms with Gasteiger partial charge in [-0.05, 0) is 37.2 Å². The highest BCUT2D eigenvalue weighted by molar-refractivity contribution is 5.85. The minimum absolute atomic E-state index is 0.0516. The molecule has 0 spiro atoms. The van der Waals surface area contributed by atoms with Crippen molar-refractivity contribution < 1.29 is 4.79 Å². The Hall–Kier alpha value is -2.04. The predicted octanol–water partition coefficient (Wildman–Crippen LogP) is 2.53. The lowest BCUT2D eigenvalue weighted by Crippen LogP contribution is -2.45. The fraction of sp³-hybridized carbons (Fsp3) is 0.619. The van der Waals surface area contributed by atoms with Crippen molar-refractivity contribution >= 4 is 11.9 Å². The molecule has 142 valence electrons. The van der Waals surface area contributed by atoms with E-state index < -0.39 is 0 Å². The Morgan fingerprint density at radius 2 is 1.92 bits per heavy atom. The number of amides is 1. The van der Waals surface area contributed by atoms with Gasteiger partial charge < -0.3 is 15.1 Å². The van der Waals surface area contributed by atoms with Crippen molar-refractivity contribution in [2.75, 3.05) is 33.7 Å². The van der Waals surface area contributed by atoms with E-state index >= 15 is 0 Å². The fourth-order valence-corrected chi connectivity index (χ4v) is 3.91. The maximum absolute atomic E-state index is 12.0. The van der Waals surface area contributed by atoms with Gasteiger partial charge in [-0.25, -0.2) is 4.99 Å². The van der Waals surface area contributed by atoms with Crippen molar-refractivity contribution in [2.24, 2.45) is 10.9 Å². The number of nitrogens with zero attached hydrogens (tertiary/aromatic N) is 3. The first-order chi connectivity index (χ1) is 12.6. The Labute approximate surface area is 157 Å².